The third-order valence-corrected chi connectivity index (χ3v) is 4.62. The molecular weight excluding hydrogens is 346 g/mol. The SMILES string of the molecule is O=C(O)c1ccnc(C(=O)N2CCCC(CNC(=O)c3ccccc3)C2)c1. The van der Waals surface area contributed by atoms with E-state index in [0.29, 0.717) is 25.2 Å². The van der Waals surface area contributed by atoms with Gasteiger partial charge in [-0.1, -0.05) is 18.2 Å². The molecule has 2 heterocycles. The third-order valence-electron chi connectivity index (χ3n) is 4.62. The van der Waals surface area contributed by atoms with E-state index >= 15 is 0 Å². The maximum atomic E-state index is 12.7. The van der Waals surface area contributed by atoms with Gasteiger partial charge in [-0.25, -0.2) is 4.79 Å². The van der Waals surface area contributed by atoms with Crippen LogP contribution < -0.4 is 5.32 Å². The number of rotatable bonds is 5. The Morgan fingerprint density at radius 2 is 1.93 bits per heavy atom. The van der Waals surface area contributed by atoms with Crippen molar-refractivity contribution < 1.29 is 19.5 Å². The van der Waals surface area contributed by atoms with Crippen molar-refractivity contribution in [3.63, 3.8) is 0 Å². The molecule has 1 atom stereocenters. The van der Waals surface area contributed by atoms with Crippen molar-refractivity contribution in [2.24, 2.45) is 5.92 Å². The van der Waals surface area contributed by atoms with E-state index in [9.17, 15) is 14.4 Å². The summed E-state index contributed by atoms with van der Waals surface area (Å²) in [5.41, 5.74) is 0.775. The van der Waals surface area contributed by atoms with Crippen LogP contribution in [0.2, 0.25) is 0 Å². The second-order valence-electron chi connectivity index (χ2n) is 6.57. The quantitative estimate of drug-likeness (QED) is 0.843. The summed E-state index contributed by atoms with van der Waals surface area (Å²) in [7, 11) is 0. The van der Waals surface area contributed by atoms with Crippen molar-refractivity contribution in [3.05, 3.63) is 65.5 Å². The van der Waals surface area contributed by atoms with Gasteiger partial charge in [0.05, 0.1) is 5.56 Å². The van der Waals surface area contributed by atoms with Gasteiger partial charge in [0.25, 0.3) is 11.8 Å². The van der Waals surface area contributed by atoms with E-state index in [0.717, 1.165) is 12.8 Å². The van der Waals surface area contributed by atoms with Gasteiger partial charge in [-0.05, 0) is 43.0 Å². The number of likely N-dealkylation sites (tertiary alicyclic amines) is 1. The highest BCUT2D eigenvalue weighted by Crippen LogP contribution is 2.18. The number of nitrogens with zero attached hydrogens (tertiary/aromatic N) is 2. The molecule has 27 heavy (non-hydrogen) atoms. The first kappa shape index (κ1) is 18.6. The zero-order valence-corrected chi connectivity index (χ0v) is 14.8. The molecule has 0 bridgehead atoms. The molecule has 2 N–H and O–H groups in total. The number of hydrogen-bond donors (Lipinski definition) is 2. The van der Waals surface area contributed by atoms with Crippen LogP contribution in [0, 0.1) is 5.92 Å². The summed E-state index contributed by atoms with van der Waals surface area (Å²) >= 11 is 0. The van der Waals surface area contributed by atoms with E-state index in [1.165, 1.54) is 18.3 Å². The van der Waals surface area contributed by atoms with Crippen LogP contribution in [0.25, 0.3) is 0 Å². The Kier molecular flexibility index (Phi) is 5.80. The lowest BCUT2D eigenvalue weighted by molar-refractivity contribution is 0.0665. The molecule has 140 valence electrons. The first-order chi connectivity index (χ1) is 13.0. The van der Waals surface area contributed by atoms with E-state index in [1.807, 2.05) is 18.2 Å². The minimum atomic E-state index is -1.09. The van der Waals surface area contributed by atoms with Crippen molar-refractivity contribution in [1.82, 2.24) is 15.2 Å². The fourth-order valence-electron chi connectivity index (χ4n) is 3.19. The highest BCUT2D eigenvalue weighted by molar-refractivity contribution is 5.96. The van der Waals surface area contributed by atoms with E-state index < -0.39 is 5.97 Å². The molecule has 0 radical (unpaired) electrons. The van der Waals surface area contributed by atoms with Gasteiger partial charge in [-0.2, -0.15) is 0 Å². The number of nitrogens with one attached hydrogen (secondary N) is 1. The Balaban J connectivity index is 1.59. The number of pyridine rings is 1. The summed E-state index contributed by atoms with van der Waals surface area (Å²) in [6.07, 6.45) is 3.08. The maximum absolute atomic E-state index is 12.7. The van der Waals surface area contributed by atoms with Crippen molar-refractivity contribution in [1.29, 1.82) is 0 Å². The lowest BCUT2D eigenvalue weighted by Gasteiger charge is -2.32. The molecule has 0 aliphatic carbocycles. The number of carbonyl (C=O) groups is 3. The summed E-state index contributed by atoms with van der Waals surface area (Å²) in [4.78, 5) is 41.6. The average molecular weight is 367 g/mol. The number of aromatic carboxylic acids is 1. The standard InChI is InChI=1S/C20H21N3O4/c24-18(15-6-2-1-3-7-15)22-12-14-5-4-10-23(13-14)19(25)17-11-16(20(26)27)8-9-21-17/h1-3,6-9,11,14H,4-5,10,12-13H2,(H,22,24)(H,26,27). The fourth-order valence-corrected chi connectivity index (χ4v) is 3.19. The number of carbonyl (C=O) groups excluding carboxylic acids is 2. The largest absolute Gasteiger partial charge is 0.478 e. The molecule has 2 aromatic rings. The van der Waals surface area contributed by atoms with Gasteiger partial charge in [0, 0.05) is 31.4 Å². The van der Waals surface area contributed by atoms with Gasteiger partial charge in [-0.15, -0.1) is 0 Å². The summed E-state index contributed by atoms with van der Waals surface area (Å²) in [5.74, 6) is -1.35. The molecule has 1 aromatic heterocycles. The molecule has 1 aliphatic heterocycles. The Morgan fingerprint density at radius 3 is 2.67 bits per heavy atom. The Hall–Kier alpha value is -3.22. The molecule has 7 nitrogen and oxygen atoms in total. The molecule has 1 aliphatic rings. The molecule has 3 rings (SSSR count). The van der Waals surface area contributed by atoms with Crippen LogP contribution >= 0.6 is 0 Å². The van der Waals surface area contributed by atoms with Gasteiger partial charge in [0.1, 0.15) is 5.69 Å². The lowest BCUT2D eigenvalue weighted by atomic mass is 9.97. The summed E-state index contributed by atoms with van der Waals surface area (Å²) in [6.45, 7) is 1.59. The zero-order chi connectivity index (χ0) is 19.2. The average Bonchev–Trinajstić information content (AvgIpc) is 2.72. The van der Waals surface area contributed by atoms with Crippen LogP contribution in [0.4, 0.5) is 0 Å². The van der Waals surface area contributed by atoms with Gasteiger partial charge in [0.2, 0.25) is 0 Å². The number of aromatic nitrogens is 1. The predicted octanol–water partition coefficient (Wildman–Crippen LogP) is 2.06. The van der Waals surface area contributed by atoms with Crippen LogP contribution in [0.5, 0.6) is 0 Å². The number of carboxylic acid groups (broad SMARTS) is 1. The number of amides is 2. The first-order valence-electron chi connectivity index (χ1n) is 8.86. The van der Waals surface area contributed by atoms with Crippen LogP contribution in [0.1, 0.15) is 44.0 Å². The van der Waals surface area contributed by atoms with Crippen molar-refractivity contribution in [2.45, 2.75) is 12.8 Å². The van der Waals surface area contributed by atoms with Crippen molar-refractivity contribution in [2.75, 3.05) is 19.6 Å². The predicted molar refractivity (Wildman–Crippen MR) is 98.6 cm³/mol. The summed E-state index contributed by atoms with van der Waals surface area (Å²) in [5, 5.41) is 12.0. The zero-order valence-electron chi connectivity index (χ0n) is 14.8. The Morgan fingerprint density at radius 1 is 1.15 bits per heavy atom. The Bertz CT molecular complexity index is 838. The maximum Gasteiger partial charge on any atom is 0.335 e. The van der Waals surface area contributed by atoms with Crippen LogP contribution in [0.3, 0.4) is 0 Å². The van der Waals surface area contributed by atoms with Gasteiger partial charge >= 0.3 is 5.97 Å². The normalized spacial score (nSPS) is 16.6. The molecule has 0 spiro atoms. The molecular formula is C20H21N3O4. The highest BCUT2D eigenvalue weighted by atomic mass is 16.4. The molecule has 1 unspecified atom stereocenters. The van der Waals surface area contributed by atoms with E-state index in [2.05, 4.69) is 10.3 Å². The van der Waals surface area contributed by atoms with E-state index in [-0.39, 0.29) is 29.0 Å². The van der Waals surface area contributed by atoms with E-state index in [1.54, 1.807) is 17.0 Å². The number of hydrogen-bond acceptors (Lipinski definition) is 4. The third kappa shape index (κ3) is 4.69. The second kappa shape index (κ2) is 8.44. The number of benzene rings is 1. The molecule has 1 aromatic carbocycles. The van der Waals surface area contributed by atoms with Crippen LogP contribution in [-0.2, 0) is 0 Å². The van der Waals surface area contributed by atoms with Gasteiger partial charge < -0.3 is 15.3 Å². The van der Waals surface area contributed by atoms with Crippen LogP contribution in [0.15, 0.2) is 48.7 Å². The summed E-state index contributed by atoms with van der Waals surface area (Å²) in [6, 6.07) is 11.7. The number of piperidine rings is 1. The smallest absolute Gasteiger partial charge is 0.335 e. The Labute approximate surface area is 157 Å². The van der Waals surface area contributed by atoms with Crippen LogP contribution in [-0.4, -0.2) is 52.4 Å². The number of carboxylic acids is 1. The molecule has 2 amide bonds. The van der Waals surface area contributed by atoms with Gasteiger partial charge in [-0.3, -0.25) is 14.6 Å². The summed E-state index contributed by atoms with van der Waals surface area (Å²) < 4.78 is 0. The lowest BCUT2D eigenvalue weighted by Crippen LogP contribution is -2.44. The topological polar surface area (TPSA) is 99.6 Å². The molecule has 0 saturated carbocycles. The second-order valence-corrected chi connectivity index (χ2v) is 6.57. The highest BCUT2D eigenvalue weighted by Gasteiger charge is 2.26. The van der Waals surface area contributed by atoms with Crippen molar-refractivity contribution >= 4 is 17.8 Å². The molecule has 7 heteroatoms. The fraction of sp³-hybridized carbons (Fsp3) is 0.300. The minimum Gasteiger partial charge on any atom is -0.478 e. The van der Waals surface area contributed by atoms with E-state index in [4.69, 9.17) is 5.11 Å². The first-order valence-corrected chi connectivity index (χ1v) is 8.86. The monoisotopic (exact) mass is 367 g/mol. The van der Waals surface area contributed by atoms with Gasteiger partial charge in [0.15, 0.2) is 0 Å². The van der Waals surface area contributed by atoms with Crippen molar-refractivity contribution in [3.8, 4) is 0 Å². The minimum absolute atomic E-state index is 0.0389. The molecule has 1 saturated heterocycles. The molecule has 1 fully saturated rings.